The summed E-state index contributed by atoms with van der Waals surface area (Å²) >= 11 is 0. The van der Waals surface area contributed by atoms with Gasteiger partial charge in [-0.25, -0.2) is 0 Å². The Bertz CT molecular complexity index is 526. The Morgan fingerprint density at radius 2 is 2.10 bits per heavy atom. The molecule has 0 radical (unpaired) electrons. The van der Waals surface area contributed by atoms with Gasteiger partial charge in [-0.1, -0.05) is 19.9 Å². The van der Waals surface area contributed by atoms with Gasteiger partial charge in [0.2, 0.25) is 0 Å². The lowest BCUT2D eigenvalue weighted by Gasteiger charge is -2.39. The van der Waals surface area contributed by atoms with Gasteiger partial charge in [0.1, 0.15) is 0 Å². The molecule has 1 aliphatic rings. The fourth-order valence-corrected chi connectivity index (χ4v) is 2.52. The van der Waals surface area contributed by atoms with Crippen molar-refractivity contribution in [3.63, 3.8) is 0 Å². The van der Waals surface area contributed by atoms with E-state index in [-0.39, 0.29) is 17.0 Å². The largest absolute Gasteiger partial charge is 0.416 e. The van der Waals surface area contributed by atoms with Crippen LogP contribution in [-0.4, -0.2) is 25.0 Å². The van der Waals surface area contributed by atoms with E-state index in [0.29, 0.717) is 0 Å². The van der Waals surface area contributed by atoms with Gasteiger partial charge >= 0.3 is 6.18 Å². The van der Waals surface area contributed by atoms with E-state index in [1.165, 1.54) is 12.1 Å². The first-order chi connectivity index (χ1) is 9.70. The first-order valence-corrected chi connectivity index (χ1v) is 6.89. The zero-order valence-electron chi connectivity index (χ0n) is 12.1. The fourth-order valence-electron chi connectivity index (χ4n) is 2.52. The van der Waals surface area contributed by atoms with E-state index in [1.54, 1.807) is 0 Å². The number of hydrogen-bond acceptors (Lipinski definition) is 2. The minimum atomic E-state index is -4.44. The highest BCUT2D eigenvalue weighted by atomic mass is 19.4. The number of rotatable bonds is 2. The maximum Gasteiger partial charge on any atom is 0.416 e. The van der Waals surface area contributed by atoms with Crippen LogP contribution in [0.2, 0.25) is 0 Å². The molecule has 0 spiro atoms. The molecule has 0 saturated carbocycles. The molecule has 6 heteroatoms. The molecule has 1 aromatic rings. The Labute approximate surface area is 121 Å². The second kappa shape index (κ2) is 5.67. The molecule has 1 aliphatic heterocycles. The molecule has 1 saturated heterocycles. The van der Waals surface area contributed by atoms with E-state index in [9.17, 15) is 18.0 Å². The van der Waals surface area contributed by atoms with Crippen molar-refractivity contribution < 1.29 is 18.0 Å². The Hall–Kier alpha value is -1.56. The highest BCUT2D eigenvalue weighted by molar-refractivity contribution is 5.94. The predicted molar refractivity (Wildman–Crippen MR) is 74.0 cm³/mol. The van der Waals surface area contributed by atoms with Crippen molar-refractivity contribution in [2.45, 2.75) is 32.5 Å². The molecule has 2 N–H and O–H groups in total. The van der Waals surface area contributed by atoms with E-state index < -0.39 is 17.6 Å². The molecule has 1 fully saturated rings. The van der Waals surface area contributed by atoms with Crippen LogP contribution < -0.4 is 10.6 Å². The molecule has 0 aliphatic carbocycles. The van der Waals surface area contributed by atoms with Gasteiger partial charge in [0, 0.05) is 18.2 Å². The first-order valence-electron chi connectivity index (χ1n) is 6.89. The quantitative estimate of drug-likeness (QED) is 0.882. The van der Waals surface area contributed by atoms with Crippen molar-refractivity contribution in [3.8, 4) is 0 Å². The lowest BCUT2D eigenvalue weighted by atomic mass is 9.80. The van der Waals surface area contributed by atoms with Gasteiger partial charge in [-0.3, -0.25) is 4.79 Å². The van der Waals surface area contributed by atoms with Gasteiger partial charge in [-0.05, 0) is 36.6 Å². The van der Waals surface area contributed by atoms with Crippen LogP contribution in [0.3, 0.4) is 0 Å². The molecule has 3 nitrogen and oxygen atoms in total. The molecular formula is C15H19F3N2O. The number of amides is 1. The van der Waals surface area contributed by atoms with Crippen LogP contribution in [0.25, 0.3) is 0 Å². The minimum Gasteiger partial charge on any atom is -0.349 e. The second-order valence-corrected chi connectivity index (χ2v) is 6.06. The third-order valence-electron chi connectivity index (χ3n) is 3.89. The predicted octanol–water partition coefficient (Wildman–Crippen LogP) is 2.82. The lowest BCUT2D eigenvalue weighted by Crippen LogP contribution is -2.54. The van der Waals surface area contributed by atoms with Gasteiger partial charge < -0.3 is 10.6 Å². The van der Waals surface area contributed by atoms with Crippen LogP contribution in [0.4, 0.5) is 13.2 Å². The van der Waals surface area contributed by atoms with Crippen LogP contribution in [0.15, 0.2) is 24.3 Å². The zero-order valence-corrected chi connectivity index (χ0v) is 12.1. The zero-order chi connectivity index (χ0) is 15.7. The molecule has 1 unspecified atom stereocenters. The van der Waals surface area contributed by atoms with Crippen LogP contribution in [-0.2, 0) is 6.18 Å². The number of hydrogen-bond donors (Lipinski definition) is 2. The number of carbonyl (C=O) groups is 1. The Balaban J connectivity index is 2.13. The van der Waals surface area contributed by atoms with Gasteiger partial charge in [0.15, 0.2) is 0 Å². The molecular weight excluding hydrogens is 281 g/mol. The summed E-state index contributed by atoms with van der Waals surface area (Å²) in [4.78, 5) is 12.2. The van der Waals surface area contributed by atoms with Crippen molar-refractivity contribution in [1.29, 1.82) is 0 Å². The molecule has 1 heterocycles. The summed E-state index contributed by atoms with van der Waals surface area (Å²) in [7, 11) is 0. The number of benzene rings is 1. The molecule has 1 aromatic carbocycles. The van der Waals surface area contributed by atoms with Crippen LogP contribution in [0, 0.1) is 5.41 Å². The van der Waals surface area contributed by atoms with E-state index in [1.807, 2.05) is 13.8 Å². The lowest BCUT2D eigenvalue weighted by molar-refractivity contribution is -0.137. The second-order valence-electron chi connectivity index (χ2n) is 6.06. The molecule has 1 amide bonds. The molecule has 21 heavy (non-hydrogen) atoms. The van der Waals surface area contributed by atoms with Crippen molar-refractivity contribution in [3.05, 3.63) is 35.4 Å². The third-order valence-corrected chi connectivity index (χ3v) is 3.89. The maximum absolute atomic E-state index is 12.7. The van der Waals surface area contributed by atoms with Gasteiger partial charge in [0.25, 0.3) is 5.91 Å². The molecule has 1 atom stereocenters. The Morgan fingerprint density at radius 3 is 2.71 bits per heavy atom. The van der Waals surface area contributed by atoms with Gasteiger partial charge in [0.05, 0.1) is 5.56 Å². The fraction of sp³-hybridized carbons (Fsp3) is 0.533. The van der Waals surface area contributed by atoms with Crippen LogP contribution >= 0.6 is 0 Å². The average Bonchev–Trinajstić information content (AvgIpc) is 2.40. The SMILES string of the molecule is CC1(C)CNCCC1NC(=O)c1cccc(C(F)(F)F)c1. The van der Waals surface area contributed by atoms with Crippen LogP contribution in [0.5, 0.6) is 0 Å². The van der Waals surface area contributed by atoms with E-state index in [2.05, 4.69) is 10.6 Å². The van der Waals surface area contributed by atoms with Crippen molar-refractivity contribution in [2.75, 3.05) is 13.1 Å². The minimum absolute atomic E-state index is 0.0409. The number of nitrogens with one attached hydrogen (secondary N) is 2. The first kappa shape index (κ1) is 15.8. The Morgan fingerprint density at radius 1 is 1.38 bits per heavy atom. The van der Waals surface area contributed by atoms with E-state index >= 15 is 0 Å². The standard InChI is InChI=1S/C15H19F3N2O/c1-14(2)9-19-7-6-12(14)20-13(21)10-4-3-5-11(8-10)15(16,17)18/h3-5,8,12,19H,6-7,9H2,1-2H3,(H,20,21). The van der Waals surface area contributed by atoms with Crippen LogP contribution in [0.1, 0.15) is 36.2 Å². The number of halogens is 3. The number of piperidine rings is 1. The number of carbonyl (C=O) groups excluding carboxylic acids is 1. The van der Waals surface area contributed by atoms with Crippen molar-refractivity contribution >= 4 is 5.91 Å². The smallest absolute Gasteiger partial charge is 0.349 e. The summed E-state index contributed by atoms with van der Waals surface area (Å²) in [5, 5.41) is 6.10. The van der Waals surface area contributed by atoms with Crippen molar-refractivity contribution in [1.82, 2.24) is 10.6 Å². The normalized spacial score (nSPS) is 21.9. The summed E-state index contributed by atoms with van der Waals surface area (Å²) in [5.74, 6) is -0.457. The summed E-state index contributed by atoms with van der Waals surface area (Å²) in [6, 6.07) is 4.46. The van der Waals surface area contributed by atoms with E-state index in [0.717, 1.165) is 31.6 Å². The summed E-state index contributed by atoms with van der Waals surface area (Å²) in [6.07, 6.45) is -3.68. The van der Waals surface area contributed by atoms with E-state index in [4.69, 9.17) is 0 Å². The van der Waals surface area contributed by atoms with Gasteiger partial charge in [-0.2, -0.15) is 13.2 Å². The summed E-state index contributed by atoms with van der Waals surface area (Å²) in [5.41, 5.74) is -0.894. The molecule has 0 bridgehead atoms. The summed E-state index contributed by atoms with van der Waals surface area (Å²) in [6.45, 7) is 5.60. The maximum atomic E-state index is 12.7. The molecule has 116 valence electrons. The molecule has 0 aromatic heterocycles. The highest BCUT2D eigenvalue weighted by Gasteiger charge is 2.34. The van der Waals surface area contributed by atoms with Gasteiger partial charge in [-0.15, -0.1) is 0 Å². The number of alkyl halides is 3. The molecule has 2 rings (SSSR count). The highest BCUT2D eigenvalue weighted by Crippen LogP contribution is 2.30. The topological polar surface area (TPSA) is 41.1 Å². The third kappa shape index (κ3) is 3.75. The Kier molecular flexibility index (Phi) is 4.27. The average molecular weight is 300 g/mol. The van der Waals surface area contributed by atoms with Crippen molar-refractivity contribution in [2.24, 2.45) is 5.41 Å². The monoisotopic (exact) mass is 300 g/mol. The summed E-state index contributed by atoms with van der Waals surface area (Å²) < 4.78 is 38.0.